The molecule has 29 heavy (non-hydrogen) atoms. The molecular weight excluding hydrogens is 509 g/mol. The Balaban J connectivity index is 2.34. The third kappa shape index (κ3) is 5.45. The lowest BCUT2D eigenvalue weighted by molar-refractivity contribution is -0.150. The van der Waals surface area contributed by atoms with E-state index in [-0.39, 0.29) is 18.1 Å². The number of rotatable bonds is 8. The highest BCUT2D eigenvalue weighted by molar-refractivity contribution is 14.1. The number of thioether (sulfide) groups is 1. The summed E-state index contributed by atoms with van der Waals surface area (Å²) in [6.45, 7) is 5.64. The summed E-state index contributed by atoms with van der Waals surface area (Å²) in [5, 5.41) is -0.518. The van der Waals surface area contributed by atoms with E-state index in [9.17, 15) is 14.4 Å². The quantitative estimate of drug-likeness (QED) is 0.220. The average molecular weight is 529 g/mol. The van der Waals surface area contributed by atoms with Crippen LogP contribution in [0.25, 0.3) is 6.08 Å². The highest BCUT2D eigenvalue weighted by Crippen LogP contribution is 2.38. The summed E-state index contributed by atoms with van der Waals surface area (Å²) >= 11 is 2.86. The molecule has 1 heterocycles. The average Bonchev–Trinajstić information content (AvgIpc) is 2.94. The topological polar surface area (TPSA) is 82.1 Å². The Morgan fingerprint density at radius 3 is 2.66 bits per heavy atom. The van der Waals surface area contributed by atoms with E-state index in [0.717, 1.165) is 20.2 Å². The van der Waals surface area contributed by atoms with Crippen molar-refractivity contribution >= 4 is 57.5 Å². The van der Waals surface area contributed by atoms with Crippen molar-refractivity contribution in [3.8, 4) is 23.8 Å². The van der Waals surface area contributed by atoms with Crippen LogP contribution in [0.2, 0.25) is 0 Å². The molecule has 1 aliphatic rings. The van der Waals surface area contributed by atoms with E-state index in [1.165, 1.54) is 6.92 Å². The van der Waals surface area contributed by atoms with Crippen molar-refractivity contribution in [2.45, 2.75) is 26.8 Å². The molecule has 0 bridgehead atoms. The highest BCUT2D eigenvalue weighted by Gasteiger charge is 2.41. The second kappa shape index (κ2) is 10.5. The van der Waals surface area contributed by atoms with Crippen molar-refractivity contribution in [3.05, 3.63) is 26.2 Å². The van der Waals surface area contributed by atoms with Crippen LogP contribution >= 0.6 is 34.4 Å². The van der Waals surface area contributed by atoms with Crippen molar-refractivity contribution in [2.24, 2.45) is 0 Å². The molecule has 0 aromatic heterocycles. The molecule has 1 aromatic rings. The summed E-state index contributed by atoms with van der Waals surface area (Å²) in [4.78, 5) is 38.0. The zero-order valence-electron chi connectivity index (χ0n) is 16.2. The van der Waals surface area contributed by atoms with Crippen molar-refractivity contribution in [2.75, 3.05) is 19.8 Å². The summed E-state index contributed by atoms with van der Waals surface area (Å²) in [6.07, 6.45) is 6.84. The summed E-state index contributed by atoms with van der Waals surface area (Å²) in [5.74, 6) is 2.25. The summed E-state index contributed by atoms with van der Waals surface area (Å²) in [5.41, 5.74) is 0.653. The zero-order valence-corrected chi connectivity index (χ0v) is 19.2. The minimum Gasteiger partial charge on any atom is -0.490 e. The second-order valence-corrected chi connectivity index (χ2v) is 7.89. The molecule has 7 nitrogen and oxygen atoms in total. The fourth-order valence-electron chi connectivity index (χ4n) is 2.52. The third-order valence-corrected chi connectivity index (χ3v) is 5.45. The summed E-state index contributed by atoms with van der Waals surface area (Å²) in [6, 6.07) is 2.50. The molecule has 0 spiro atoms. The van der Waals surface area contributed by atoms with Crippen molar-refractivity contribution < 1.29 is 28.6 Å². The van der Waals surface area contributed by atoms with Crippen LogP contribution in [0.5, 0.6) is 11.5 Å². The lowest BCUT2D eigenvalue weighted by Gasteiger charge is -2.19. The Labute approximate surface area is 187 Å². The summed E-state index contributed by atoms with van der Waals surface area (Å²) < 4.78 is 16.8. The van der Waals surface area contributed by atoms with Crippen LogP contribution in [0.1, 0.15) is 26.3 Å². The van der Waals surface area contributed by atoms with E-state index >= 15 is 0 Å². The molecule has 2 amide bonds. The molecule has 0 aliphatic carbocycles. The monoisotopic (exact) mass is 529 g/mol. The fraction of sp³-hybridized carbons (Fsp3) is 0.350. The minimum atomic E-state index is -0.994. The zero-order chi connectivity index (χ0) is 21.6. The number of carbonyl (C=O) groups is 3. The van der Waals surface area contributed by atoms with E-state index in [2.05, 4.69) is 28.5 Å². The number of benzene rings is 1. The largest absolute Gasteiger partial charge is 0.490 e. The van der Waals surface area contributed by atoms with Crippen LogP contribution in [0, 0.1) is 15.9 Å². The van der Waals surface area contributed by atoms with Gasteiger partial charge >= 0.3 is 5.97 Å². The number of carbonyl (C=O) groups excluding carboxylic acids is 3. The Bertz CT molecular complexity index is 892. The first kappa shape index (κ1) is 23.1. The van der Waals surface area contributed by atoms with Crippen molar-refractivity contribution in [1.29, 1.82) is 0 Å². The summed E-state index contributed by atoms with van der Waals surface area (Å²) in [7, 11) is 0. The van der Waals surface area contributed by atoms with Gasteiger partial charge < -0.3 is 14.2 Å². The predicted molar refractivity (Wildman–Crippen MR) is 119 cm³/mol. The van der Waals surface area contributed by atoms with Crippen LogP contribution in [-0.4, -0.2) is 47.9 Å². The molecule has 9 heteroatoms. The highest BCUT2D eigenvalue weighted by atomic mass is 127. The molecule has 1 aromatic carbocycles. The van der Waals surface area contributed by atoms with Gasteiger partial charge in [-0.1, -0.05) is 5.92 Å². The van der Waals surface area contributed by atoms with E-state index in [4.69, 9.17) is 20.6 Å². The van der Waals surface area contributed by atoms with Crippen LogP contribution in [-0.2, 0) is 14.3 Å². The number of hydrogen-bond donors (Lipinski definition) is 0. The maximum absolute atomic E-state index is 12.7. The molecule has 154 valence electrons. The molecule has 1 fully saturated rings. The molecular formula is C20H20INO6S. The molecule has 0 saturated carbocycles. The molecule has 0 unspecified atom stereocenters. The van der Waals surface area contributed by atoms with Crippen LogP contribution in [0.4, 0.5) is 4.79 Å². The SMILES string of the molecule is C#CCOc1c(I)cc(/C=C2/SC(=O)N([C@@H](C)C(=O)OCC)C2=O)cc1OCC. The second-order valence-electron chi connectivity index (χ2n) is 5.74. The van der Waals surface area contributed by atoms with Gasteiger partial charge in [0.05, 0.1) is 21.7 Å². The van der Waals surface area contributed by atoms with Gasteiger partial charge in [-0.25, -0.2) is 4.79 Å². The van der Waals surface area contributed by atoms with Crippen molar-refractivity contribution in [1.82, 2.24) is 4.90 Å². The Morgan fingerprint density at radius 1 is 1.31 bits per heavy atom. The fourth-order valence-corrected chi connectivity index (χ4v) is 4.21. The smallest absolute Gasteiger partial charge is 0.329 e. The molecule has 1 aliphatic heterocycles. The number of nitrogens with zero attached hydrogens (tertiary/aromatic N) is 1. The maximum atomic E-state index is 12.7. The number of esters is 1. The lowest BCUT2D eigenvalue weighted by atomic mass is 10.1. The number of amides is 2. The molecule has 0 N–H and O–H groups in total. The number of ether oxygens (including phenoxy) is 3. The molecule has 0 radical (unpaired) electrons. The number of halogens is 1. The number of imide groups is 1. The first-order valence-corrected chi connectivity index (χ1v) is 10.7. The first-order valence-electron chi connectivity index (χ1n) is 8.80. The standard InChI is InChI=1S/C20H20INO6S/c1-5-8-28-17-14(21)9-13(10-15(17)26-6-2)11-16-18(23)22(20(25)29-16)12(4)19(24)27-7-3/h1,9-12H,6-8H2,2-4H3/b16-11+/t12-/m0/s1. The van der Waals surface area contributed by atoms with Gasteiger partial charge in [0, 0.05) is 0 Å². The van der Waals surface area contributed by atoms with E-state index < -0.39 is 23.2 Å². The van der Waals surface area contributed by atoms with Crippen molar-refractivity contribution in [3.63, 3.8) is 0 Å². The van der Waals surface area contributed by atoms with E-state index in [1.54, 1.807) is 25.1 Å². The Hall–Kier alpha value is -2.19. The van der Waals surface area contributed by atoms with E-state index in [1.807, 2.05) is 6.92 Å². The van der Waals surface area contributed by atoms with Gasteiger partial charge in [-0.2, -0.15) is 0 Å². The van der Waals surface area contributed by atoms with Gasteiger partial charge in [0.1, 0.15) is 12.6 Å². The normalized spacial score (nSPS) is 16.0. The molecule has 1 saturated heterocycles. The van der Waals surface area contributed by atoms with Crippen LogP contribution in [0.3, 0.4) is 0 Å². The Kier molecular flexibility index (Phi) is 8.40. The van der Waals surface area contributed by atoms with Crippen LogP contribution < -0.4 is 9.47 Å². The number of terminal acetylenes is 1. The van der Waals surface area contributed by atoms with Gasteiger partial charge in [0.25, 0.3) is 11.1 Å². The van der Waals surface area contributed by atoms with Gasteiger partial charge in [-0.05, 0) is 78.9 Å². The van der Waals surface area contributed by atoms with E-state index in [0.29, 0.717) is 23.7 Å². The maximum Gasteiger partial charge on any atom is 0.329 e. The van der Waals surface area contributed by atoms with Gasteiger partial charge in [0.2, 0.25) is 0 Å². The first-order chi connectivity index (χ1) is 13.8. The van der Waals surface area contributed by atoms with Gasteiger partial charge in [0.15, 0.2) is 11.5 Å². The van der Waals surface area contributed by atoms with Gasteiger partial charge in [-0.3, -0.25) is 14.5 Å². The minimum absolute atomic E-state index is 0.0973. The third-order valence-electron chi connectivity index (χ3n) is 3.77. The lowest BCUT2D eigenvalue weighted by Crippen LogP contribution is -2.42. The Morgan fingerprint density at radius 2 is 2.03 bits per heavy atom. The van der Waals surface area contributed by atoms with Gasteiger partial charge in [-0.15, -0.1) is 6.42 Å². The number of hydrogen-bond acceptors (Lipinski definition) is 7. The van der Waals surface area contributed by atoms with Crippen LogP contribution in [0.15, 0.2) is 17.0 Å². The molecule has 1 atom stereocenters. The predicted octanol–water partition coefficient (Wildman–Crippen LogP) is 3.69. The molecule has 2 rings (SSSR count).